The number of carbonyl (C=O) groups is 1. The van der Waals surface area contributed by atoms with Crippen molar-refractivity contribution in [1.29, 1.82) is 0 Å². The van der Waals surface area contributed by atoms with Crippen molar-refractivity contribution in [2.45, 2.75) is 25.8 Å². The highest BCUT2D eigenvalue weighted by Crippen LogP contribution is 2.38. The van der Waals surface area contributed by atoms with Crippen LogP contribution in [0.5, 0.6) is 17.2 Å². The van der Waals surface area contributed by atoms with Gasteiger partial charge in [-0.3, -0.25) is 4.79 Å². The Kier molecular flexibility index (Phi) is 4.69. The molecule has 4 rings (SSSR count). The van der Waals surface area contributed by atoms with E-state index in [0.717, 1.165) is 47.8 Å². The fraction of sp³-hybridized carbons (Fsp3) is 0.381. The Bertz CT molecular complexity index is 804. The number of nitrogens with zero attached hydrogens (tertiary/aromatic N) is 1. The zero-order valence-corrected chi connectivity index (χ0v) is 14.9. The topological polar surface area (TPSA) is 48.0 Å². The molecule has 0 aromatic heterocycles. The predicted molar refractivity (Wildman–Crippen MR) is 97.8 cm³/mol. The van der Waals surface area contributed by atoms with Crippen LogP contribution in [0, 0.1) is 6.92 Å². The number of ether oxygens (including phenoxy) is 3. The van der Waals surface area contributed by atoms with Gasteiger partial charge in [0.2, 0.25) is 0 Å². The van der Waals surface area contributed by atoms with Crippen LogP contribution < -0.4 is 14.2 Å². The molecule has 1 saturated heterocycles. The molecule has 2 aliphatic heterocycles. The molecule has 5 nitrogen and oxygen atoms in total. The second kappa shape index (κ2) is 7.28. The molecule has 2 aliphatic rings. The van der Waals surface area contributed by atoms with E-state index in [1.807, 2.05) is 54.3 Å². The Morgan fingerprint density at radius 2 is 1.96 bits per heavy atom. The summed E-state index contributed by atoms with van der Waals surface area (Å²) in [4.78, 5) is 14.7. The van der Waals surface area contributed by atoms with Gasteiger partial charge >= 0.3 is 0 Å². The number of amides is 1. The van der Waals surface area contributed by atoms with Crippen LogP contribution in [-0.2, 0) is 4.79 Å². The molecule has 136 valence electrons. The second-order valence-corrected chi connectivity index (χ2v) is 6.70. The minimum Gasteiger partial charge on any atom is -0.486 e. The van der Waals surface area contributed by atoms with E-state index in [1.54, 1.807) is 0 Å². The van der Waals surface area contributed by atoms with E-state index in [-0.39, 0.29) is 18.6 Å². The number of carbonyl (C=O) groups excluding carboxylic acids is 1. The first kappa shape index (κ1) is 16.8. The molecular weight excluding hydrogens is 330 g/mol. The largest absolute Gasteiger partial charge is 0.486 e. The summed E-state index contributed by atoms with van der Waals surface area (Å²) in [5.41, 5.74) is 2.13. The maximum Gasteiger partial charge on any atom is 0.261 e. The van der Waals surface area contributed by atoms with Gasteiger partial charge in [0, 0.05) is 6.54 Å². The number of rotatable bonds is 4. The van der Waals surface area contributed by atoms with Crippen molar-refractivity contribution < 1.29 is 19.0 Å². The fourth-order valence-corrected chi connectivity index (χ4v) is 3.62. The lowest BCUT2D eigenvalue weighted by molar-refractivity contribution is -0.134. The van der Waals surface area contributed by atoms with Gasteiger partial charge in [-0.05, 0) is 49.1 Å². The summed E-state index contributed by atoms with van der Waals surface area (Å²) in [6.07, 6.45) is 1.95. The summed E-state index contributed by atoms with van der Waals surface area (Å²) in [6.45, 7) is 3.94. The van der Waals surface area contributed by atoms with Crippen molar-refractivity contribution in [3.63, 3.8) is 0 Å². The van der Waals surface area contributed by atoms with E-state index in [0.29, 0.717) is 13.2 Å². The van der Waals surface area contributed by atoms with Gasteiger partial charge in [-0.1, -0.05) is 24.3 Å². The highest BCUT2D eigenvalue weighted by atomic mass is 16.6. The van der Waals surface area contributed by atoms with Gasteiger partial charge in [-0.25, -0.2) is 0 Å². The minimum absolute atomic E-state index is 0.0191. The molecule has 0 aliphatic carbocycles. The Balaban J connectivity index is 1.46. The summed E-state index contributed by atoms with van der Waals surface area (Å²) in [5, 5.41) is 0. The zero-order chi connectivity index (χ0) is 17.9. The van der Waals surface area contributed by atoms with E-state index in [9.17, 15) is 4.79 Å². The molecule has 2 aromatic carbocycles. The smallest absolute Gasteiger partial charge is 0.261 e. The third-order valence-electron chi connectivity index (χ3n) is 4.97. The van der Waals surface area contributed by atoms with Crippen LogP contribution in [0.2, 0.25) is 0 Å². The van der Waals surface area contributed by atoms with Gasteiger partial charge in [0.05, 0.1) is 6.04 Å². The SMILES string of the molecule is Cc1ccccc1OCC(=O)N1CCCC1c1ccc2c(c1)OCCO2. The van der Waals surface area contributed by atoms with Crippen molar-refractivity contribution in [2.24, 2.45) is 0 Å². The maximum atomic E-state index is 12.7. The summed E-state index contributed by atoms with van der Waals surface area (Å²) in [7, 11) is 0. The average molecular weight is 353 g/mol. The standard InChI is InChI=1S/C21H23NO4/c1-15-5-2-3-7-18(15)26-14-21(23)22-10-4-6-17(22)16-8-9-19-20(13-16)25-12-11-24-19/h2-3,5,7-9,13,17H,4,6,10-12,14H2,1H3. The molecule has 5 heteroatoms. The first-order chi connectivity index (χ1) is 12.7. The van der Waals surface area contributed by atoms with Crippen LogP contribution >= 0.6 is 0 Å². The highest BCUT2D eigenvalue weighted by molar-refractivity contribution is 5.78. The van der Waals surface area contributed by atoms with E-state index in [4.69, 9.17) is 14.2 Å². The lowest BCUT2D eigenvalue weighted by Crippen LogP contribution is -2.34. The van der Waals surface area contributed by atoms with Crippen LogP contribution in [0.15, 0.2) is 42.5 Å². The van der Waals surface area contributed by atoms with E-state index in [1.165, 1.54) is 0 Å². The lowest BCUT2D eigenvalue weighted by atomic mass is 10.0. The van der Waals surface area contributed by atoms with Gasteiger partial charge in [0.15, 0.2) is 18.1 Å². The van der Waals surface area contributed by atoms with Crippen molar-refractivity contribution in [3.8, 4) is 17.2 Å². The lowest BCUT2D eigenvalue weighted by Gasteiger charge is -2.27. The highest BCUT2D eigenvalue weighted by Gasteiger charge is 2.31. The molecule has 0 radical (unpaired) electrons. The Morgan fingerprint density at radius 1 is 1.15 bits per heavy atom. The van der Waals surface area contributed by atoms with Gasteiger partial charge < -0.3 is 19.1 Å². The van der Waals surface area contributed by atoms with Gasteiger partial charge in [-0.15, -0.1) is 0 Å². The summed E-state index contributed by atoms with van der Waals surface area (Å²) < 4.78 is 17.0. The molecular formula is C21H23NO4. The number of likely N-dealkylation sites (tertiary alicyclic amines) is 1. The normalized spacial score (nSPS) is 18.7. The summed E-state index contributed by atoms with van der Waals surface area (Å²) in [6, 6.07) is 13.8. The number of para-hydroxylation sites is 1. The van der Waals surface area contributed by atoms with Gasteiger partial charge in [0.1, 0.15) is 19.0 Å². The third-order valence-corrected chi connectivity index (χ3v) is 4.97. The fourth-order valence-electron chi connectivity index (χ4n) is 3.62. The predicted octanol–water partition coefficient (Wildman–Crippen LogP) is 3.51. The Labute approximate surface area is 153 Å². The minimum atomic E-state index is 0.0191. The maximum absolute atomic E-state index is 12.7. The molecule has 1 atom stereocenters. The second-order valence-electron chi connectivity index (χ2n) is 6.70. The molecule has 0 bridgehead atoms. The van der Waals surface area contributed by atoms with Gasteiger partial charge in [-0.2, -0.15) is 0 Å². The van der Waals surface area contributed by atoms with Crippen molar-refractivity contribution in [1.82, 2.24) is 4.90 Å². The molecule has 0 N–H and O–H groups in total. The van der Waals surface area contributed by atoms with E-state index in [2.05, 4.69) is 0 Å². The molecule has 2 aromatic rings. The van der Waals surface area contributed by atoms with E-state index < -0.39 is 0 Å². The number of benzene rings is 2. The van der Waals surface area contributed by atoms with Crippen LogP contribution in [-0.4, -0.2) is 37.2 Å². The molecule has 0 saturated carbocycles. The Morgan fingerprint density at radius 3 is 2.81 bits per heavy atom. The number of fused-ring (bicyclic) bond motifs is 1. The zero-order valence-electron chi connectivity index (χ0n) is 14.9. The van der Waals surface area contributed by atoms with Crippen LogP contribution in [0.25, 0.3) is 0 Å². The molecule has 0 spiro atoms. The molecule has 1 amide bonds. The molecule has 2 heterocycles. The van der Waals surface area contributed by atoms with Crippen LogP contribution in [0.3, 0.4) is 0 Å². The molecule has 26 heavy (non-hydrogen) atoms. The quantitative estimate of drug-likeness (QED) is 0.844. The summed E-state index contributed by atoms with van der Waals surface area (Å²) in [5.74, 6) is 2.32. The van der Waals surface area contributed by atoms with Crippen molar-refractivity contribution >= 4 is 5.91 Å². The average Bonchev–Trinajstić information content (AvgIpc) is 3.17. The first-order valence-corrected chi connectivity index (χ1v) is 9.10. The van der Waals surface area contributed by atoms with Crippen molar-refractivity contribution in [2.75, 3.05) is 26.4 Å². The number of hydrogen-bond donors (Lipinski definition) is 0. The van der Waals surface area contributed by atoms with Crippen LogP contribution in [0.1, 0.15) is 30.0 Å². The molecule has 1 fully saturated rings. The van der Waals surface area contributed by atoms with Gasteiger partial charge in [0.25, 0.3) is 5.91 Å². The number of aryl methyl sites for hydroxylation is 1. The van der Waals surface area contributed by atoms with Crippen molar-refractivity contribution in [3.05, 3.63) is 53.6 Å². The first-order valence-electron chi connectivity index (χ1n) is 9.10. The van der Waals surface area contributed by atoms with E-state index >= 15 is 0 Å². The monoisotopic (exact) mass is 353 g/mol. The Hall–Kier alpha value is -2.69. The number of hydrogen-bond acceptors (Lipinski definition) is 4. The van der Waals surface area contributed by atoms with Crippen LogP contribution in [0.4, 0.5) is 0 Å². The summed E-state index contributed by atoms with van der Waals surface area (Å²) >= 11 is 0. The third kappa shape index (κ3) is 3.34. The molecule has 1 unspecified atom stereocenters.